The highest BCUT2D eigenvalue weighted by Crippen LogP contribution is 2.24. The quantitative estimate of drug-likeness (QED) is 0.673. The van der Waals surface area contributed by atoms with E-state index < -0.39 is 0 Å². The molecule has 2 aromatic heterocycles. The van der Waals surface area contributed by atoms with Gasteiger partial charge < -0.3 is 10.7 Å². The molecule has 0 saturated heterocycles. The van der Waals surface area contributed by atoms with Crippen molar-refractivity contribution < 1.29 is 0 Å². The Morgan fingerprint density at radius 1 is 1.22 bits per heavy atom. The molecule has 18 heavy (non-hydrogen) atoms. The van der Waals surface area contributed by atoms with E-state index in [1.807, 2.05) is 24.3 Å². The van der Waals surface area contributed by atoms with E-state index in [4.69, 9.17) is 5.73 Å². The number of nitrogens with one attached hydrogen (secondary N) is 1. The summed E-state index contributed by atoms with van der Waals surface area (Å²) in [6.07, 6.45) is 3.29. The van der Waals surface area contributed by atoms with Crippen LogP contribution >= 0.6 is 0 Å². The molecule has 88 valence electrons. The van der Waals surface area contributed by atoms with Crippen molar-refractivity contribution in [3.63, 3.8) is 0 Å². The van der Waals surface area contributed by atoms with Gasteiger partial charge in [-0.2, -0.15) is 5.10 Å². The predicted molar refractivity (Wildman–Crippen MR) is 70.0 cm³/mol. The van der Waals surface area contributed by atoms with Crippen LogP contribution in [0.5, 0.6) is 0 Å². The zero-order valence-electron chi connectivity index (χ0n) is 9.42. The van der Waals surface area contributed by atoms with Crippen LogP contribution in [-0.2, 0) is 0 Å². The maximum absolute atomic E-state index is 11.2. The number of nitrogens with zero attached hydrogens (tertiary/aromatic N) is 2. The van der Waals surface area contributed by atoms with Crippen molar-refractivity contribution in [2.75, 3.05) is 5.73 Å². The Morgan fingerprint density at radius 2 is 2.06 bits per heavy atom. The van der Waals surface area contributed by atoms with Gasteiger partial charge in [0.25, 0.3) is 5.56 Å². The summed E-state index contributed by atoms with van der Waals surface area (Å²) in [5.74, 6) is 0. The molecule has 0 aliphatic carbocycles. The standard InChI is InChI=1S/C13H10N4O/c14-11-5-9(6-15-13(11)18)12-10-4-2-1-3-8(10)7-16-17-12/h1-7H,14H2,(H,15,18). The van der Waals surface area contributed by atoms with Crippen molar-refractivity contribution in [3.8, 4) is 11.3 Å². The summed E-state index contributed by atoms with van der Waals surface area (Å²) < 4.78 is 0. The molecule has 1 aromatic carbocycles. The molecule has 0 saturated carbocycles. The Bertz CT molecular complexity index is 774. The molecular formula is C13H10N4O. The summed E-state index contributed by atoms with van der Waals surface area (Å²) in [5, 5.41) is 10.0. The second-order valence-electron chi connectivity index (χ2n) is 3.95. The van der Waals surface area contributed by atoms with Crippen LogP contribution in [0.25, 0.3) is 22.0 Å². The first-order valence-corrected chi connectivity index (χ1v) is 5.45. The Morgan fingerprint density at radius 3 is 2.89 bits per heavy atom. The summed E-state index contributed by atoms with van der Waals surface area (Å²) >= 11 is 0. The van der Waals surface area contributed by atoms with Crippen molar-refractivity contribution in [1.82, 2.24) is 15.2 Å². The Balaban J connectivity index is 2.31. The van der Waals surface area contributed by atoms with Crippen molar-refractivity contribution in [3.05, 3.63) is 53.1 Å². The topological polar surface area (TPSA) is 84.7 Å². The fourth-order valence-corrected chi connectivity index (χ4v) is 1.88. The van der Waals surface area contributed by atoms with E-state index in [0.717, 1.165) is 16.3 Å². The minimum absolute atomic E-state index is 0.169. The van der Waals surface area contributed by atoms with Crippen LogP contribution in [0.1, 0.15) is 0 Å². The maximum atomic E-state index is 11.2. The molecule has 0 atom stereocenters. The van der Waals surface area contributed by atoms with Crippen LogP contribution in [0.4, 0.5) is 5.69 Å². The maximum Gasteiger partial charge on any atom is 0.271 e. The van der Waals surface area contributed by atoms with Gasteiger partial charge in [0.15, 0.2) is 0 Å². The number of aromatic amines is 1. The second-order valence-corrected chi connectivity index (χ2v) is 3.95. The van der Waals surface area contributed by atoms with E-state index in [1.165, 1.54) is 0 Å². The molecule has 5 heteroatoms. The lowest BCUT2D eigenvalue weighted by Crippen LogP contribution is -2.10. The number of benzene rings is 1. The molecule has 0 unspecified atom stereocenters. The molecule has 0 fully saturated rings. The number of nitrogens with two attached hydrogens (primary N) is 1. The van der Waals surface area contributed by atoms with Crippen LogP contribution in [-0.4, -0.2) is 15.2 Å². The number of hydrogen-bond donors (Lipinski definition) is 2. The van der Waals surface area contributed by atoms with Gasteiger partial charge in [-0.3, -0.25) is 4.79 Å². The average molecular weight is 238 g/mol. The van der Waals surface area contributed by atoms with E-state index in [-0.39, 0.29) is 11.2 Å². The molecule has 5 nitrogen and oxygen atoms in total. The van der Waals surface area contributed by atoms with Crippen LogP contribution in [0, 0.1) is 0 Å². The highest BCUT2D eigenvalue weighted by molar-refractivity contribution is 5.93. The number of fused-ring (bicyclic) bond motifs is 1. The molecule has 3 aromatic rings. The Kier molecular flexibility index (Phi) is 2.30. The highest BCUT2D eigenvalue weighted by Gasteiger charge is 2.07. The number of rotatable bonds is 1. The van der Waals surface area contributed by atoms with Crippen molar-refractivity contribution >= 4 is 16.5 Å². The first kappa shape index (κ1) is 10.5. The number of aromatic nitrogens is 3. The average Bonchev–Trinajstić information content (AvgIpc) is 2.41. The van der Waals surface area contributed by atoms with Crippen LogP contribution in [0.15, 0.2) is 47.5 Å². The Labute approximate surface area is 102 Å². The monoisotopic (exact) mass is 238 g/mol. The van der Waals surface area contributed by atoms with Gasteiger partial charge in [-0.25, -0.2) is 0 Å². The molecule has 3 rings (SSSR count). The number of anilines is 1. The van der Waals surface area contributed by atoms with E-state index in [9.17, 15) is 4.79 Å². The van der Waals surface area contributed by atoms with Gasteiger partial charge in [0, 0.05) is 22.5 Å². The summed E-state index contributed by atoms with van der Waals surface area (Å²) in [6.45, 7) is 0. The highest BCUT2D eigenvalue weighted by atomic mass is 16.1. The lowest BCUT2D eigenvalue weighted by molar-refractivity contribution is 1.05. The van der Waals surface area contributed by atoms with Gasteiger partial charge in [-0.1, -0.05) is 24.3 Å². The third kappa shape index (κ3) is 1.62. The first-order chi connectivity index (χ1) is 8.75. The largest absolute Gasteiger partial charge is 0.394 e. The minimum atomic E-state index is -0.299. The summed E-state index contributed by atoms with van der Waals surface area (Å²) in [6, 6.07) is 9.40. The third-order valence-corrected chi connectivity index (χ3v) is 2.78. The SMILES string of the molecule is Nc1cc(-c2nncc3ccccc23)c[nH]c1=O. The number of H-pyrrole nitrogens is 1. The molecule has 2 heterocycles. The molecular weight excluding hydrogens is 228 g/mol. The van der Waals surface area contributed by atoms with Gasteiger partial charge in [0.2, 0.25) is 0 Å². The molecule has 0 aliphatic heterocycles. The zero-order valence-corrected chi connectivity index (χ0v) is 9.42. The zero-order chi connectivity index (χ0) is 12.5. The summed E-state index contributed by atoms with van der Waals surface area (Å²) in [5.41, 5.74) is 6.93. The normalized spacial score (nSPS) is 10.7. The van der Waals surface area contributed by atoms with Gasteiger partial charge in [-0.05, 0) is 6.07 Å². The van der Waals surface area contributed by atoms with Gasteiger partial charge >= 0.3 is 0 Å². The predicted octanol–water partition coefficient (Wildman–Crippen LogP) is 1.57. The molecule has 0 aliphatic rings. The van der Waals surface area contributed by atoms with Crippen molar-refractivity contribution in [1.29, 1.82) is 0 Å². The molecule has 0 bridgehead atoms. The lowest BCUT2D eigenvalue weighted by Gasteiger charge is -2.04. The van der Waals surface area contributed by atoms with Crippen molar-refractivity contribution in [2.45, 2.75) is 0 Å². The minimum Gasteiger partial charge on any atom is -0.394 e. The van der Waals surface area contributed by atoms with E-state index in [0.29, 0.717) is 5.69 Å². The fraction of sp³-hybridized carbons (Fsp3) is 0. The number of pyridine rings is 1. The number of hydrogen-bond acceptors (Lipinski definition) is 4. The van der Waals surface area contributed by atoms with E-state index in [2.05, 4.69) is 15.2 Å². The van der Waals surface area contributed by atoms with Gasteiger partial charge in [0.05, 0.1) is 11.9 Å². The van der Waals surface area contributed by atoms with Crippen LogP contribution in [0.2, 0.25) is 0 Å². The van der Waals surface area contributed by atoms with Crippen LogP contribution in [0.3, 0.4) is 0 Å². The van der Waals surface area contributed by atoms with Crippen molar-refractivity contribution in [2.24, 2.45) is 0 Å². The third-order valence-electron chi connectivity index (χ3n) is 2.78. The van der Waals surface area contributed by atoms with Gasteiger partial charge in [-0.15, -0.1) is 5.10 Å². The smallest absolute Gasteiger partial charge is 0.271 e. The fourth-order valence-electron chi connectivity index (χ4n) is 1.88. The summed E-state index contributed by atoms with van der Waals surface area (Å²) in [7, 11) is 0. The Hall–Kier alpha value is -2.69. The van der Waals surface area contributed by atoms with Crippen LogP contribution < -0.4 is 11.3 Å². The molecule has 3 N–H and O–H groups in total. The molecule has 0 amide bonds. The summed E-state index contributed by atoms with van der Waals surface area (Å²) in [4.78, 5) is 13.8. The van der Waals surface area contributed by atoms with Gasteiger partial charge in [0.1, 0.15) is 5.69 Å². The number of nitrogen functional groups attached to an aromatic ring is 1. The van der Waals surface area contributed by atoms with E-state index >= 15 is 0 Å². The lowest BCUT2D eigenvalue weighted by atomic mass is 10.1. The molecule has 0 spiro atoms. The first-order valence-electron chi connectivity index (χ1n) is 5.45. The molecule has 0 radical (unpaired) electrons. The second kappa shape index (κ2) is 3.96. The van der Waals surface area contributed by atoms with E-state index in [1.54, 1.807) is 18.5 Å².